The van der Waals surface area contributed by atoms with Gasteiger partial charge in [0.25, 0.3) is 0 Å². The van der Waals surface area contributed by atoms with Gasteiger partial charge in [0.05, 0.1) is 5.75 Å². The molecule has 16 heavy (non-hydrogen) atoms. The zero-order chi connectivity index (χ0) is 12.8. The van der Waals surface area contributed by atoms with Crippen LogP contribution in [0, 0.1) is 0 Å². The summed E-state index contributed by atoms with van der Waals surface area (Å²) in [6, 6.07) is 0. The molecule has 0 fully saturated rings. The Hall–Kier alpha value is -0.660. The summed E-state index contributed by atoms with van der Waals surface area (Å²) in [5.41, 5.74) is 5.36. The predicted molar refractivity (Wildman–Crippen MR) is 63.1 cm³/mol. The second-order valence-corrected chi connectivity index (χ2v) is 6.29. The third kappa shape index (κ3) is 11.4. The molecule has 7 heteroatoms. The molecule has 0 radical (unpaired) electrons. The second kappa shape index (κ2) is 6.17. The van der Waals surface area contributed by atoms with Crippen LogP contribution in [0.5, 0.6) is 0 Å². The van der Waals surface area contributed by atoms with Gasteiger partial charge < -0.3 is 11.1 Å². The molecule has 0 aliphatic rings. The quantitative estimate of drug-likeness (QED) is 0.519. The highest BCUT2D eigenvalue weighted by Gasteiger charge is 2.12. The van der Waals surface area contributed by atoms with Crippen LogP contribution in [0.25, 0.3) is 0 Å². The fourth-order valence-corrected chi connectivity index (χ4v) is 1.57. The van der Waals surface area contributed by atoms with Crippen molar-refractivity contribution in [3.05, 3.63) is 0 Å². The molecule has 0 rings (SSSR count). The predicted octanol–water partition coefficient (Wildman–Crippen LogP) is -0.701. The zero-order valence-corrected chi connectivity index (χ0v) is 10.6. The molecule has 6 nitrogen and oxygen atoms in total. The number of sulfonamides is 1. The van der Waals surface area contributed by atoms with Gasteiger partial charge in [0.2, 0.25) is 15.9 Å². The molecule has 0 aromatic rings. The Balaban J connectivity index is 3.60. The van der Waals surface area contributed by atoms with Crippen LogP contribution in [0.1, 0.15) is 33.1 Å². The molecule has 0 saturated carbocycles. The van der Waals surface area contributed by atoms with E-state index in [1.54, 1.807) is 0 Å². The largest absolute Gasteiger partial charge is 0.356 e. The molecule has 5 N–H and O–H groups in total. The van der Waals surface area contributed by atoms with E-state index in [2.05, 4.69) is 5.32 Å². The average Bonchev–Trinajstić information content (AvgIpc) is 2.06. The summed E-state index contributed by atoms with van der Waals surface area (Å²) in [5, 5.41) is 7.42. The number of amides is 1. The van der Waals surface area contributed by atoms with Gasteiger partial charge in [-0.05, 0) is 26.7 Å². The Kier molecular flexibility index (Phi) is 5.91. The van der Waals surface area contributed by atoms with Gasteiger partial charge >= 0.3 is 0 Å². The molecular formula is C9H21N3O3S. The minimum absolute atomic E-state index is 0.115. The number of nitrogens with two attached hydrogens (primary N) is 2. The first kappa shape index (κ1) is 15.3. The summed E-state index contributed by atoms with van der Waals surface area (Å²) in [7, 11) is -3.43. The SMILES string of the molecule is CC(C)(N)CCC(=O)NCCCS(N)(=O)=O. The van der Waals surface area contributed by atoms with E-state index in [1.165, 1.54) is 0 Å². The van der Waals surface area contributed by atoms with E-state index in [0.717, 1.165) is 0 Å². The Morgan fingerprint density at radius 1 is 1.38 bits per heavy atom. The molecule has 0 bridgehead atoms. The lowest BCUT2D eigenvalue weighted by Gasteiger charge is -2.17. The number of hydrogen-bond donors (Lipinski definition) is 3. The van der Waals surface area contributed by atoms with Crippen LogP contribution in [0.3, 0.4) is 0 Å². The summed E-state index contributed by atoms with van der Waals surface area (Å²) in [6.07, 6.45) is 1.27. The smallest absolute Gasteiger partial charge is 0.220 e. The van der Waals surface area contributed by atoms with Crippen molar-refractivity contribution < 1.29 is 13.2 Å². The van der Waals surface area contributed by atoms with Gasteiger partial charge in [0.1, 0.15) is 0 Å². The van der Waals surface area contributed by atoms with Gasteiger partial charge in [-0.1, -0.05) is 0 Å². The van der Waals surface area contributed by atoms with E-state index >= 15 is 0 Å². The summed E-state index contributed by atoms with van der Waals surface area (Å²) in [5.74, 6) is -0.233. The van der Waals surface area contributed by atoms with Crippen molar-refractivity contribution in [2.45, 2.75) is 38.6 Å². The summed E-state index contributed by atoms with van der Waals surface area (Å²) in [4.78, 5) is 11.3. The lowest BCUT2D eigenvalue weighted by Crippen LogP contribution is -2.34. The maximum Gasteiger partial charge on any atom is 0.220 e. The van der Waals surface area contributed by atoms with Gasteiger partial charge in [0, 0.05) is 18.5 Å². The first-order valence-electron chi connectivity index (χ1n) is 5.16. The van der Waals surface area contributed by atoms with Crippen molar-refractivity contribution in [3.8, 4) is 0 Å². The molecule has 1 amide bonds. The van der Waals surface area contributed by atoms with Crippen molar-refractivity contribution >= 4 is 15.9 Å². The Bertz CT molecular complexity index is 319. The molecule has 0 saturated heterocycles. The normalized spacial score (nSPS) is 12.5. The minimum Gasteiger partial charge on any atom is -0.356 e. The molecule has 0 unspecified atom stereocenters. The molecule has 0 aromatic heterocycles. The number of carbonyl (C=O) groups is 1. The minimum atomic E-state index is -3.43. The molecule has 0 aliphatic heterocycles. The van der Waals surface area contributed by atoms with Crippen LogP contribution < -0.4 is 16.2 Å². The molecule has 0 spiro atoms. The molecule has 0 aliphatic carbocycles. The van der Waals surface area contributed by atoms with Gasteiger partial charge in [-0.3, -0.25) is 4.79 Å². The Morgan fingerprint density at radius 2 is 1.94 bits per heavy atom. The average molecular weight is 251 g/mol. The monoisotopic (exact) mass is 251 g/mol. The highest BCUT2D eigenvalue weighted by Crippen LogP contribution is 2.06. The third-order valence-electron chi connectivity index (χ3n) is 1.92. The van der Waals surface area contributed by atoms with Crippen molar-refractivity contribution in [3.63, 3.8) is 0 Å². The van der Waals surface area contributed by atoms with Crippen molar-refractivity contribution in [1.29, 1.82) is 0 Å². The Labute approximate surface area is 96.8 Å². The van der Waals surface area contributed by atoms with E-state index < -0.39 is 10.0 Å². The Morgan fingerprint density at radius 3 is 2.38 bits per heavy atom. The second-order valence-electron chi connectivity index (χ2n) is 4.56. The third-order valence-corrected chi connectivity index (χ3v) is 2.78. The van der Waals surface area contributed by atoms with Gasteiger partial charge in [0.15, 0.2) is 0 Å². The highest BCUT2D eigenvalue weighted by molar-refractivity contribution is 7.89. The zero-order valence-electron chi connectivity index (χ0n) is 9.82. The standard InChI is InChI=1S/C9H21N3O3S/c1-9(2,10)5-4-8(13)12-6-3-7-16(11,14)15/h3-7,10H2,1-2H3,(H,12,13)(H2,11,14,15). The molecule has 96 valence electrons. The van der Waals surface area contributed by atoms with E-state index in [-0.39, 0.29) is 17.2 Å². The van der Waals surface area contributed by atoms with Crippen LogP contribution in [-0.2, 0) is 14.8 Å². The summed E-state index contributed by atoms with van der Waals surface area (Å²) in [6.45, 7) is 4.02. The lowest BCUT2D eigenvalue weighted by atomic mass is 10.00. The van der Waals surface area contributed by atoms with Crippen LogP contribution in [-0.4, -0.2) is 32.2 Å². The number of carbonyl (C=O) groups excluding carboxylic acids is 1. The van der Waals surface area contributed by atoms with E-state index in [0.29, 0.717) is 25.8 Å². The molecule has 0 atom stereocenters. The molecular weight excluding hydrogens is 230 g/mol. The summed E-state index contributed by atoms with van der Waals surface area (Å²) < 4.78 is 21.2. The maximum absolute atomic E-state index is 11.3. The van der Waals surface area contributed by atoms with Crippen LogP contribution >= 0.6 is 0 Å². The fraction of sp³-hybridized carbons (Fsp3) is 0.889. The van der Waals surface area contributed by atoms with Crippen molar-refractivity contribution in [2.75, 3.05) is 12.3 Å². The van der Waals surface area contributed by atoms with Gasteiger partial charge in [-0.15, -0.1) is 0 Å². The first-order chi connectivity index (χ1) is 7.10. The van der Waals surface area contributed by atoms with E-state index in [4.69, 9.17) is 10.9 Å². The lowest BCUT2D eigenvalue weighted by molar-refractivity contribution is -0.121. The number of rotatable bonds is 7. The van der Waals surface area contributed by atoms with Gasteiger partial charge in [-0.2, -0.15) is 0 Å². The first-order valence-corrected chi connectivity index (χ1v) is 6.88. The van der Waals surface area contributed by atoms with Crippen LogP contribution in [0.4, 0.5) is 0 Å². The highest BCUT2D eigenvalue weighted by atomic mass is 32.2. The van der Waals surface area contributed by atoms with Crippen molar-refractivity contribution in [2.24, 2.45) is 10.9 Å². The summed E-state index contributed by atoms with van der Waals surface area (Å²) >= 11 is 0. The maximum atomic E-state index is 11.3. The van der Waals surface area contributed by atoms with Crippen LogP contribution in [0.2, 0.25) is 0 Å². The van der Waals surface area contributed by atoms with E-state index in [1.807, 2.05) is 13.8 Å². The molecule has 0 aromatic carbocycles. The number of nitrogens with one attached hydrogen (secondary N) is 1. The number of hydrogen-bond acceptors (Lipinski definition) is 4. The fourth-order valence-electron chi connectivity index (χ4n) is 1.03. The molecule has 0 heterocycles. The topological polar surface area (TPSA) is 115 Å². The van der Waals surface area contributed by atoms with Crippen LogP contribution in [0.15, 0.2) is 0 Å². The van der Waals surface area contributed by atoms with E-state index in [9.17, 15) is 13.2 Å². The van der Waals surface area contributed by atoms with Crippen molar-refractivity contribution in [1.82, 2.24) is 5.32 Å². The van der Waals surface area contributed by atoms with Gasteiger partial charge in [-0.25, -0.2) is 13.6 Å². The number of primary sulfonamides is 1.